The van der Waals surface area contributed by atoms with Gasteiger partial charge in [0.15, 0.2) is 0 Å². The standard InChI is InChI=1S/C22H23NO4/c24-22(25)16-6-5-12-23(14-16)13-11-17-18-7-1-3-9-20(18)26-15-27-21-10-4-2-8-19(17)21/h1-4,7-11,16H,5-6,12-15H2,(H,24,25). The summed E-state index contributed by atoms with van der Waals surface area (Å²) < 4.78 is 11.6. The first kappa shape index (κ1) is 17.6. The lowest BCUT2D eigenvalue weighted by Gasteiger charge is -2.30. The van der Waals surface area contributed by atoms with Gasteiger partial charge in [-0.3, -0.25) is 9.69 Å². The molecule has 1 fully saturated rings. The first-order chi connectivity index (χ1) is 13.2. The molecule has 1 unspecified atom stereocenters. The molecule has 5 heteroatoms. The second-order valence-electron chi connectivity index (χ2n) is 6.95. The zero-order chi connectivity index (χ0) is 18.6. The lowest BCUT2D eigenvalue weighted by molar-refractivity contribution is -0.143. The third kappa shape index (κ3) is 3.83. The third-order valence-corrected chi connectivity index (χ3v) is 5.19. The van der Waals surface area contributed by atoms with Gasteiger partial charge in [0.1, 0.15) is 11.5 Å². The normalized spacial score (nSPS) is 19.6. The lowest BCUT2D eigenvalue weighted by atomic mass is 9.94. The average molecular weight is 365 g/mol. The van der Waals surface area contributed by atoms with Gasteiger partial charge in [0, 0.05) is 24.2 Å². The van der Waals surface area contributed by atoms with Crippen LogP contribution in [0.1, 0.15) is 24.0 Å². The highest BCUT2D eigenvalue weighted by Gasteiger charge is 2.25. The number of hydrogen-bond acceptors (Lipinski definition) is 4. The number of aliphatic carboxylic acids is 1. The van der Waals surface area contributed by atoms with Gasteiger partial charge in [-0.2, -0.15) is 0 Å². The van der Waals surface area contributed by atoms with Gasteiger partial charge in [-0.15, -0.1) is 0 Å². The van der Waals surface area contributed by atoms with Gasteiger partial charge in [0.05, 0.1) is 5.92 Å². The van der Waals surface area contributed by atoms with Crippen molar-refractivity contribution < 1.29 is 19.4 Å². The van der Waals surface area contributed by atoms with Gasteiger partial charge < -0.3 is 14.6 Å². The predicted molar refractivity (Wildman–Crippen MR) is 103 cm³/mol. The average Bonchev–Trinajstić information content (AvgIpc) is 2.69. The van der Waals surface area contributed by atoms with E-state index >= 15 is 0 Å². The number of benzene rings is 2. The molecule has 1 N–H and O–H groups in total. The molecule has 0 aromatic heterocycles. The second-order valence-corrected chi connectivity index (χ2v) is 6.95. The van der Waals surface area contributed by atoms with E-state index in [1.165, 1.54) is 0 Å². The van der Waals surface area contributed by atoms with Crippen molar-refractivity contribution in [1.29, 1.82) is 0 Å². The maximum atomic E-state index is 11.3. The molecule has 2 aliphatic rings. The van der Waals surface area contributed by atoms with Crippen LogP contribution in [-0.4, -0.2) is 42.4 Å². The summed E-state index contributed by atoms with van der Waals surface area (Å²) in [5.74, 6) is 0.608. The maximum Gasteiger partial charge on any atom is 0.307 e. The molecule has 2 aliphatic heterocycles. The Balaban J connectivity index is 1.68. The van der Waals surface area contributed by atoms with E-state index in [0.717, 1.165) is 47.6 Å². The molecule has 0 bridgehead atoms. The Morgan fingerprint density at radius 3 is 2.33 bits per heavy atom. The summed E-state index contributed by atoms with van der Waals surface area (Å²) in [6.45, 7) is 2.38. The summed E-state index contributed by atoms with van der Waals surface area (Å²) in [5, 5.41) is 9.33. The summed E-state index contributed by atoms with van der Waals surface area (Å²) in [5.41, 5.74) is 3.11. The van der Waals surface area contributed by atoms with Crippen molar-refractivity contribution in [3.63, 3.8) is 0 Å². The van der Waals surface area contributed by atoms with Crippen molar-refractivity contribution in [3.8, 4) is 11.5 Å². The van der Waals surface area contributed by atoms with Gasteiger partial charge in [-0.05, 0) is 37.1 Å². The number of para-hydroxylation sites is 2. The summed E-state index contributed by atoms with van der Waals surface area (Å²) >= 11 is 0. The van der Waals surface area contributed by atoms with E-state index in [0.29, 0.717) is 13.1 Å². The highest BCUT2D eigenvalue weighted by atomic mass is 16.7. The molecule has 1 saturated heterocycles. The largest absolute Gasteiger partial charge is 0.481 e. The third-order valence-electron chi connectivity index (χ3n) is 5.19. The quantitative estimate of drug-likeness (QED) is 0.900. The Labute approximate surface area is 158 Å². The molecule has 1 atom stereocenters. The number of piperidine rings is 1. The van der Waals surface area contributed by atoms with Crippen molar-refractivity contribution in [2.75, 3.05) is 26.4 Å². The molecule has 4 rings (SSSR count). The molecule has 0 saturated carbocycles. The van der Waals surface area contributed by atoms with Crippen molar-refractivity contribution >= 4 is 11.5 Å². The van der Waals surface area contributed by atoms with Crippen LogP contribution in [0.15, 0.2) is 54.6 Å². The fourth-order valence-electron chi connectivity index (χ4n) is 3.79. The molecule has 2 aromatic rings. The van der Waals surface area contributed by atoms with Crippen molar-refractivity contribution in [3.05, 3.63) is 65.7 Å². The molecule has 0 aliphatic carbocycles. The minimum atomic E-state index is -0.698. The van der Waals surface area contributed by atoms with Crippen molar-refractivity contribution in [1.82, 2.24) is 4.90 Å². The highest BCUT2D eigenvalue weighted by Crippen LogP contribution is 2.37. The van der Waals surface area contributed by atoms with E-state index in [2.05, 4.69) is 23.1 Å². The van der Waals surface area contributed by atoms with Gasteiger partial charge >= 0.3 is 5.97 Å². The van der Waals surface area contributed by atoms with Crippen LogP contribution in [0.3, 0.4) is 0 Å². The number of ether oxygens (including phenoxy) is 2. The van der Waals surface area contributed by atoms with E-state index < -0.39 is 5.97 Å². The molecule has 5 nitrogen and oxygen atoms in total. The van der Waals surface area contributed by atoms with Crippen LogP contribution in [0, 0.1) is 5.92 Å². The molecular weight excluding hydrogens is 342 g/mol. The summed E-state index contributed by atoms with van der Waals surface area (Å²) in [4.78, 5) is 13.6. The number of fused-ring (bicyclic) bond motifs is 2. The first-order valence-corrected chi connectivity index (χ1v) is 9.32. The van der Waals surface area contributed by atoms with Crippen LogP contribution >= 0.6 is 0 Å². The number of carboxylic acids is 1. The Morgan fingerprint density at radius 2 is 1.70 bits per heavy atom. The molecular formula is C22H23NO4. The number of nitrogens with zero attached hydrogens (tertiary/aromatic N) is 1. The predicted octanol–water partition coefficient (Wildman–Crippen LogP) is 3.64. The summed E-state index contributed by atoms with van der Waals surface area (Å²) in [6.07, 6.45) is 3.84. The van der Waals surface area contributed by atoms with Crippen LogP contribution in [0.5, 0.6) is 11.5 Å². The fraction of sp³-hybridized carbons (Fsp3) is 0.318. The maximum absolute atomic E-state index is 11.3. The van der Waals surface area contributed by atoms with E-state index in [1.54, 1.807) is 0 Å². The van der Waals surface area contributed by atoms with Crippen molar-refractivity contribution in [2.45, 2.75) is 12.8 Å². The Bertz CT molecular complexity index is 811. The molecule has 2 heterocycles. The second kappa shape index (κ2) is 7.84. The molecule has 0 amide bonds. The van der Waals surface area contributed by atoms with Gasteiger partial charge in [0.2, 0.25) is 6.79 Å². The van der Waals surface area contributed by atoms with E-state index in [4.69, 9.17) is 9.47 Å². The molecule has 0 radical (unpaired) electrons. The SMILES string of the molecule is O=C(O)C1CCCN(CC=C2c3ccccc3OCOc3ccccc32)C1. The summed E-state index contributed by atoms with van der Waals surface area (Å²) in [7, 11) is 0. The fourth-order valence-corrected chi connectivity index (χ4v) is 3.79. The number of hydrogen-bond donors (Lipinski definition) is 1. The van der Waals surface area contributed by atoms with Crippen molar-refractivity contribution in [2.24, 2.45) is 5.92 Å². The van der Waals surface area contributed by atoms with E-state index in [1.807, 2.05) is 36.4 Å². The molecule has 0 spiro atoms. The minimum Gasteiger partial charge on any atom is -0.481 e. The number of carboxylic acid groups (broad SMARTS) is 1. The zero-order valence-corrected chi connectivity index (χ0v) is 15.1. The van der Waals surface area contributed by atoms with E-state index in [-0.39, 0.29) is 12.7 Å². The van der Waals surface area contributed by atoms with Crippen LogP contribution in [0.2, 0.25) is 0 Å². The highest BCUT2D eigenvalue weighted by molar-refractivity contribution is 5.85. The Hall–Kier alpha value is -2.79. The topological polar surface area (TPSA) is 59.0 Å². The smallest absolute Gasteiger partial charge is 0.307 e. The number of likely N-dealkylation sites (tertiary alicyclic amines) is 1. The van der Waals surface area contributed by atoms with Gasteiger partial charge in [-0.25, -0.2) is 0 Å². The van der Waals surface area contributed by atoms with Gasteiger partial charge in [-0.1, -0.05) is 42.5 Å². The van der Waals surface area contributed by atoms with Crippen LogP contribution in [0.25, 0.3) is 5.57 Å². The lowest BCUT2D eigenvalue weighted by Crippen LogP contribution is -2.38. The molecule has 140 valence electrons. The molecule has 27 heavy (non-hydrogen) atoms. The van der Waals surface area contributed by atoms with Crippen LogP contribution < -0.4 is 9.47 Å². The Morgan fingerprint density at radius 1 is 1.07 bits per heavy atom. The first-order valence-electron chi connectivity index (χ1n) is 9.32. The number of carbonyl (C=O) groups is 1. The number of rotatable bonds is 3. The minimum absolute atomic E-state index is 0.174. The molecule has 2 aromatic carbocycles. The zero-order valence-electron chi connectivity index (χ0n) is 15.1. The Kier molecular flexibility index (Phi) is 5.12. The monoisotopic (exact) mass is 365 g/mol. The van der Waals surface area contributed by atoms with E-state index in [9.17, 15) is 9.90 Å². The van der Waals surface area contributed by atoms with Crippen LogP contribution in [0.4, 0.5) is 0 Å². The summed E-state index contributed by atoms with van der Waals surface area (Å²) in [6, 6.07) is 15.9. The van der Waals surface area contributed by atoms with Gasteiger partial charge in [0.25, 0.3) is 0 Å². The van der Waals surface area contributed by atoms with Crippen LogP contribution in [-0.2, 0) is 4.79 Å².